The van der Waals surface area contributed by atoms with Crippen LogP contribution >= 0.6 is 0 Å². The fourth-order valence-electron chi connectivity index (χ4n) is 3.06. The van der Waals surface area contributed by atoms with E-state index in [1.165, 1.54) is 6.33 Å². The van der Waals surface area contributed by atoms with Crippen LogP contribution in [0.2, 0.25) is 0 Å². The molecule has 0 amide bonds. The van der Waals surface area contributed by atoms with Gasteiger partial charge in [0.05, 0.1) is 12.5 Å². The molecule has 3 rings (SSSR count). The minimum Gasteiger partial charge on any atom is -0.466 e. The Morgan fingerprint density at radius 3 is 2.81 bits per heavy atom. The third-order valence-corrected chi connectivity index (χ3v) is 4.41. The number of nitrogens with two attached hydrogens (primary N) is 1. The van der Waals surface area contributed by atoms with Crippen LogP contribution in [-0.4, -0.2) is 40.6 Å². The number of carbonyl (C=O) groups is 1. The van der Waals surface area contributed by atoms with Crippen molar-refractivity contribution in [3.8, 4) is 0 Å². The molecule has 1 fully saturated rings. The Hall–Kier alpha value is -2.90. The van der Waals surface area contributed by atoms with Gasteiger partial charge in [0, 0.05) is 18.8 Å². The fourth-order valence-corrected chi connectivity index (χ4v) is 3.06. The second-order valence-electron chi connectivity index (χ2n) is 6.26. The van der Waals surface area contributed by atoms with E-state index in [0.717, 1.165) is 18.5 Å². The lowest BCUT2D eigenvalue weighted by atomic mass is 9.97. The highest BCUT2D eigenvalue weighted by molar-refractivity contribution is 5.78. The topological polar surface area (TPSA) is 106 Å². The number of ether oxygens (including phenoxy) is 1. The molecule has 8 nitrogen and oxygen atoms in total. The average molecular weight is 356 g/mol. The molecule has 8 heteroatoms. The van der Waals surface area contributed by atoms with Crippen molar-refractivity contribution in [1.82, 2.24) is 15.0 Å². The Labute approximate surface area is 152 Å². The largest absolute Gasteiger partial charge is 0.466 e. The molecule has 0 unspecified atom stereocenters. The van der Waals surface area contributed by atoms with Crippen LogP contribution in [0.1, 0.15) is 25.5 Å². The minimum absolute atomic E-state index is 0.0525. The highest BCUT2D eigenvalue weighted by Crippen LogP contribution is 2.31. The molecule has 26 heavy (non-hydrogen) atoms. The van der Waals surface area contributed by atoms with Gasteiger partial charge in [0.1, 0.15) is 17.8 Å². The quantitative estimate of drug-likeness (QED) is 0.786. The van der Waals surface area contributed by atoms with Gasteiger partial charge in [-0.15, -0.1) is 0 Å². The lowest BCUT2D eigenvalue weighted by molar-refractivity contribution is -0.148. The standard InChI is InChI=1S/C18H24N6O2/c1-3-26-18(25)13-7-9-24(10-8-13)17-15(19)16(20-11-21-17)23-14-6-4-5-12(2)22-14/h4-6,11,13H,3,7-10,19H2,1-2H3,(H,20,21,22,23). The number of aryl methyl sites for hydroxylation is 1. The molecule has 2 aromatic rings. The van der Waals surface area contributed by atoms with Gasteiger partial charge in [-0.1, -0.05) is 6.07 Å². The summed E-state index contributed by atoms with van der Waals surface area (Å²) in [6, 6.07) is 5.70. The summed E-state index contributed by atoms with van der Waals surface area (Å²) in [5.41, 5.74) is 7.68. The molecule has 0 aromatic carbocycles. The van der Waals surface area contributed by atoms with Crippen molar-refractivity contribution in [3.63, 3.8) is 0 Å². The number of esters is 1. The third-order valence-electron chi connectivity index (χ3n) is 4.41. The Morgan fingerprint density at radius 1 is 1.35 bits per heavy atom. The fraction of sp³-hybridized carbons (Fsp3) is 0.444. The van der Waals surface area contributed by atoms with Gasteiger partial charge in [0.2, 0.25) is 0 Å². The van der Waals surface area contributed by atoms with Crippen LogP contribution in [-0.2, 0) is 9.53 Å². The second kappa shape index (κ2) is 7.99. The lowest BCUT2D eigenvalue weighted by Crippen LogP contribution is -2.37. The van der Waals surface area contributed by atoms with E-state index in [1.807, 2.05) is 32.0 Å². The van der Waals surface area contributed by atoms with Crippen LogP contribution in [0.3, 0.4) is 0 Å². The van der Waals surface area contributed by atoms with Crippen molar-refractivity contribution in [3.05, 3.63) is 30.2 Å². The number of hydrogen-bond donors (Lipinski definition) is 2. The molecule has 0 saturated carbocycles. The molecule has 3 N–H and O–H groups in total. The van der Waals surface area contributed by atoms with Gasteiger partial charge in [-0.25, -0.2) is 15.0 Å². The van der Waals surface area contributed by atoms with Crippen LogP contribution in [0.4, 0.5) is 23.1 Å². The minimum atomic E-state index is -0.115. The summed E-state index contributed by atoms with van der Waals surface area (Å²) in [7, 11) is 0. The van der Waals surface area contributed by atoms with Crippen LogP contribution in [0.5, 0.6) is 0 Å². The van der Waals surface area contributed by atoms with E-state index in [0.29, 0.717) is 42.8 Å². The summed E-state index contributed by atoms with van der Waals surface area (Å²) in [4.78, 5) is 27.0. The molecule has 1 aliphatic rings. The van der Waals surface area contributed by atoms with Gasteiger partial charge in [0.15, 0.2) is 11.6 Å². The van der Waals surface area contributed by atoms with E-state index in [2.05, 4.69) is 25.2 Å². The molecule has 0 spiro atoms. The number of anilines is 4. The highest BCUT2D eigenvalue weighted by atomic mass is 16.5. The third kappa shape index (κ3) is 4.01. The monoisotopic (exact) mass is 356 g/mol. The van der Waals surface area contributed by atoms with E-state index in [9.17, 15) is 4.79 Å². The zero-order chi connectivity index (χ0) is 18.5. The molecule has 0 bridgehead atoms. The number of nitrogens with zero attached hydrogens (tertiary/aromatic N) is 4. The van der Waals surface area contributed by atoms with Crippen molar-refractivity contribution in [2.75, 3.05) is 35.6 Å². The molecule has 1 saturated heterocycles. The number of hydrogen-bond acceptors (Lipinski definition) is 8. The zero-order valence-corrected chi connectivity index (χ0v) is 15.1. The summed E-state index contributed by atoms with van der Waals surface area (Å²) in [6.45, 7) is 5.57. The summed E-state index contributed by atoms with van der Waals surface area (Å²) < 4.78 is 5.12. The maximum Gasteiger partial charge on any atom is 0.309 e. The van der Waals surface area contributed by atoms with Crippen LogP contribution in [0, 0.1) is 12.8 Å². The molecule has 0 atom stereocenters. The molecule has 0 radical (unpaired) electrons. The van der Waals surface area contributed by atoms with Crippen molar-refractivity contribution in [1.29, 1.82) is 0 Å². The summed E-state index contributed by atoms with van der Waals surface area (Å²) in [5.74, 6) is 1.72. The number of carbonyl (C=O) groups excluding carboxylic acids is 1. The van der Waals surface area contributed by atoms with Crippen molar-refractivity contribution < 1.29 is 9.53 Å². The van der Waals surface area contributed by atoms with E-state index < -0.39 is 0 Å². The van der Waals surface area contributed by atoms with E-state index in [4.69, 9.17) is 10.5 Å². The van der Waals surface area contributed by atoms with Crippen molar-refractivity contribution in [2.45, 2.75) is 26.7 Å². The van der Waals surface area contributed by atoms with E-state index in [-0.39, 0.29) is 11.9 Å². The molecule has 1 aliphatic heterocycles. The Bertz CT molecular complexity index is 774. The Morgan fingerprint density at radius 2 is 2.12 bits per heavy atom. The first-order valence-electron chi connectivity index (χ1n) is 8.81. The molecule has 2 aromatic heterocycles. The average Bonchev–Trinajstić information content (AvgIpc) is 2.64. The van der Waals surface area contributed by atoms with Crippen LogP contribution in [0.25, 0.3) is 0 Å². The number of pyridine rings is 1. The Balaban J connectivity index is 1.71. The number of nitrogen functional groups attached to an aromatic ring is 1. The SMILES string of the molecule is CCOC(=O)C1CCN(c2ncnc(Nc3cccc(C)n3)c2N)CC1. The maximum atomic E-state index is 11.9. The smallest absolute Gasteiger partial charge is 0.309 e. The molecular weight excluding hydrogens is 332 g/mol. The highest BCUT2D eigenvalue weighted by Gasteiger charge is 2.27. The van der Waals surface area contributed by atoms with Gasteiger partial charge in [-0.2, -0.15) is 0 Å². The second-order valence-corrected chi connectivity index (χ2v) is 6.26. The van der Waals surface area contributed by atoms with Gasteiger partial charge in [-0.05, 0) is 38.8 Å². The van der Waals surface area contributed by atoms with Crippen LogP contribution < -0.4 is 16.0 Å². The maximum absolute atomic E-state index is 11.9. The zero-order valence-electron chi connectivity index (χ0n) is 15.1. The molecule has 0 aliphatic carbocycles. The van der Waals surface area contributed by atoms with Crippen LogP contribution in [0.15, 0.2) is 24.5 Å². The van der Waals surface area contributed by atoms with Gasteiger partial charge in [0.25, 0.3) is 0 Å². The molecule has 3 heterocycles. The summed E-state index contributed by atoms with van der Waals surface area (Å²) >= 11 is 0. The predicted molar refractivity (Wildman–Crippen MR) is 100 cm³/mol. The van der Waals surface area contributed by atoms with E-state index in [1.54, 1.807) is 0 Å². The number of rotatable bonds is 5. The Kier molecular flexibility index (Phi) is 5.50. The number of piperidine rings is 1. The normalized spacial score (nSPS) is 14.9. The summed E-state index contributed by atoms with van der Waals surface area (Å²) in [6.07, 6.45) is 2.94. The van der Waals surface area contributed by atoms with Crippen molar-refractivity contribution in [2.24, 2.45) is 5.92 Å². The van der Waals surface area contributed by atoms with E-state index >= 15 is 0 Å². The predicted octanol–water partition coefficient (Wildman–Crippen LogP) is 2.29. The lowest BCUT2D eigenvalue weighted by Gasteiger charge is -2.32. The number of aromatic nitrogens is 3. The van der Waals surface area contributed by atoms with Gasteiger partial charge in [-0.3, -0.25) is 4.79 Å². The molecular formula is C18H24N6O2. The molecule has 138 valence electrons. The first-order chi connectivity index (χ1) is 12.6. The first kappa shape index (κ1) is 17.9. The van der Waals surface area contributed by atoms with Crippen molar-refractivity contribution >= 4 is 29.1 Å². The van der Waals surface area contributed by atoms with Gasteiger partial charge < -0.3 is 20.7 Å². The van der Waals surface area contributed by atoms with Gasteiger partial charge >= 0.3 is 5.97 Å². The first-order valence-corrected chi connectivity index (χ1v) is 8.81. The number of nitrogens with one attached hydrogen (secondary N) is 1. The summed E-state index contributed by atoms with van der Waals surface area (Å²) in [5, 5.41) is 3.15.